The van der Waals surface area contributed by atoms with E-state index in [0.29, 0.717) is 24.7 Å². The maximum Gasteiger partial charge on any atom is 0.254 e. The molecule has 1 unspecified atom stereocenters. The first-order chi connectivity index (χ1) is 9.84. The molecule has 3 rings (SSSR count). The van der Waals surface area contributed by atoms with E-state index in [9.17, 15) is 4.79 Å². The van der Waals surface area contributed by atoms with Crippen molar-refractivity contribution in [3.8, 4) is 5.82 Å². The van der Waals surface area contributed by atoms with Gasteiger partial charge in [0.05, 0.1) is 12.3 Å². The topological polar surface area (TPSA) is 94.0 Å². The van der Waals surface area contributed by atoms with Crippen molar-refractivity contribution in [1.82, 2.24) is 25.1 Å². The van der Waals surface area contributed by atoms with Gasteiger partial charge < -0.3 is 15.4 Å². The van der Waals surface area contributed by atoms with Gasteiger partial charge in [0.1, 0.15) is 18.8 Å². The van der Waals surface area contributed by atoms with Crippen molar-refractivity contribution in [2.75, 3.05) is 25.0 Å². The third-order valence-corrected chi connectivity index (χ3v) is 2.90. The van der Waals surface area contributed by atoms with Gasteiger partial charge in [-0.05, 0) is 12.1 Å². The molecule has 2 aromatic heterocycles. The highest BCUT2D eigenvalue weighted by Crippen LogP contribution is 2.16. The quantitative estimate of drug-likeness (QED) is 0.790. The molecule has 0 spiro atoms. The van der Waals surface area contributed by atoms with E-state index in [1.165, 1.54) is 17.3 Å². The molecule has 0 aromatic carbocycles. The zero-order valence-corrected chi connectivity index (χ0v) is 10.7. The molecule has 0 saturated carbocycles. The summed E-state index contributed by atoms with van der Waals surface area (Å²) in [4.78, 5) is 20.2. The summed E-state index contributed by atoms with van der Waals surface area (Å²) in [5, 5.41) is 9.94. The second-order valence-electron chi connectivity index (χ2n) is 4.27. The van der Waals surface area contributed by atoms with Crippen molar-refractivity contribution in [3.05, 3.63) is 31.0 Å². The number of aromatic nitrogens is 4. The summed E-state index contributed by atoms with van der Waals surface area (Å²) < 4.78 is 6.91. The van der Waals surface area contributed by atoms with Crippen LogP contribution in [0.1, 0.15) is 0 Å². The molecule has 8 nitrogen and oxygen atoms in total. The van der Waals surface area contributed by atoms with Crippen LogP contribution in [0, 0.1) is 0 Å². The average Bonchev–Trinajstić information content (AvgIpc) is 3.03. The van der Waals surface area contributed by atoms with Gasteiger partial charge in [0.25, 0.3) is 5.91 Å². The lowest BCUT2D eigenvalue weighted by Gasteiger charge is -2.23. The lowest BCUT2D eigenvalue weighted by Crippen LogP contribution is -2.45. The highest BCUT2D eigenvalue weighted by molar-refractivity contribution is 5.95. The van der Waals surface area contributed by atoms with Crippen LogP contribution >= 0.6 is 0 Å². The van der Waals surface area contributed by atoms with E-state index in [1.54, 1.807) is 18.3 Å². The van der Waals surface area contributed by atoms with Gasteiger partial charge in [-0.3, -0.25) is 4.79 Å². The van der Waals surface area contributed by atoms with Crippen LogP contribution in [0.25, 0.3) is 5.82 Å². The number of carbonyl (C=O) groups is 1. The fraction of sp³-hybridized carbons (Fsp3) is 0.333. The van der Waals surface area contributed by atoms with E-state index >= 15 is 0 Å². The summed E-state index contributed by atoms with van der Waals surface area (Å²) in [6.45, 7) is 1.80. The van der Waals surface area contributed by atoms with Crippen LogP contribution in [0.3, 0.4) is 0 Å². The summed E-state index contributed by atoms with van der Waals surface area (Å²) in [5.41, 5.74) is 0.567. The number of morpholine rings is 1. The molecule has 1 aliphatic heterocycles. The number of nitrogens with zero attached hydrogens (tertiary/aromatic N) is 4. The second-order valence-corrected chi connectivity index (χ2v) is 4.27. The Kier molecular flexibility index (Phi) is 3.66. The van der Waals surface area contributed by atoms with Crippen LogP contribution in [0.2, 0.25) is 0 Å². The number of anilines is 1. The normalized spacial score (nSPS) is 18.7. The Balaban J connectivity index is 1.79. The van der Waals surface area contributed by atoms with Crippen LogP contribution in [-0.4, -0.2) is 51.5 Å². The molecule has 2 aromatic rings. The smallest absolute Gasteiger partial charge is 0.254 e. The van der Waals surface area contributed by atoms with E-state index in [4.69, 9.17) is 4.74 Å². The van der Waals surface area contributed by atoms with Gasteiger partial charge in [-0.15, -0.1) is 0 Å². The Morgan fingerprint density at radius 3 is 3.25 bits per heavy atom. The zero-order valence-electron chi connectivity index (χ0n) is 10.7. The SMILES string of the molecule is O=C(Nc1cccnc1-n1cncn1)C1CNCCO1. The largest absolute Gasteiger partial charge is 0.366 e. The third kappa shape index (κ3) is 2.65. The van der Waals surface area contributed by atoms with Crippen LogP contribution in [0.5, 0.6) is 0 Å². The fourth-order valence-electron chi connectivity index (χ4n) is 1.94. The molecule has 0 aliphatic carbocycles. The van der Waals surface area contributed by atoms with Crippen LogP contribution in [0.4, 0.5) is 5.69 Å². The summed E-state index contributed by atoms with van der Waals surface area (Å²) in [6, 6.07) is 3.51. The molecule has 1 atom stereocenters. The minimum absolute atomic E-state index is 0.202. The van der Waals surface area contributed by atoms with Gasteiger partial charge in [-0.25, -0.2) is 14.6 Å². The molecular formula is C12H14N6O2. The standard InChI is InChI=1S/C12H14N6O2/c19-12(10-6-13-4-5-20-10)17-9-2-1-3-15-11(9)18-8-14-7-16-18/h1-3,7-8,10,13H,4-6H2,(H,17,19). The highest BCUT2D eigenvalue weighted by atomic mass is 16.5. The molecule has 8 heteroatoms. The average molecular weight is 274 g/mol. The minimum atomic E-state index is -0.493. The van der Waals surface area contributed by atoms with Gasteiger partial charge in [0, 0.05) is 19.3 Å². The molecule has 20 heavy (non-hydrogen) atoms. The van der Waals surface area contributed by atoms with Gasteiger partial charge in [0.15, 0.2) is 5.82 Å². The molecule has 104 valence electrons. The molecule has 0 bridgehead atoms. The fourth-order valence-corrected chi connectivity index (χ4v) is 1.94. The first-order valence-electron chi connectivity index (χ1n) is 6.28. The van der Waals surface area contributed by atoms with Gasteiger partial charge in [-0.1, -0.05) is 0 Å². The van der Waals surface area contributed by atoms with Crippen LogP contribution in [-0.2, 0) is 9.53 Å². The predicted molar refractivity (Wildman–Crippen MR) is 70.4 cm³/mol. The van der Waals surface area contributed by atoms with Crippen LogP contribution in [0.15, 0.2) is 31.0 Å². The summed E-state index contributed by atoms with van der Waals surface area (Å²) in [6.07, 6.45) is 4.07. The second kappa shape index (κ2) is 5.76. The van der Waals surface area contributed by atoms with E-state index in [-0.39, 0.29) is 5.91 Å². The molecule has 1 amide bonds. The maximum atomic E-state index is 12.1. The highest BCUT2D eigenvalue weighted by Gasteiger charge is 2.22. The van der Waals surface area contributed by atoms with E-state index in [2.05, 4.69) is 25.7 Å². The number of carbonyl (C=O) groups excluding carboxylic acids is 1. The Labute approximate surface area is 115 Å². The lowest BCUT2D eigenvalue weighted by molar-refractivity contribution is -0.128. The molecule has 1 saturated heterocycles. The Bertz CT molecular complexity index is 579. The molecule has 1 fully saturated rings. The lowest BCUT2D eigenvalue weighted by atomic mass is 10.2. The van der Waals surface area contributed by atoms with Crippen LogP contribution < -0.4 is 10.6 Å². The molecule has 2 N–H and O–H groups in total. The zero-order chi connectivity index (χ0) is 13.8. The van der Waals surface area contributed by atoms with Gasteiger partial charge >= 0.3 is 0 Å². The number of pyridine rings is 1. The number of hydrogen-bond acceptors (Lipinski definition) is 6. The Morgan fingerprint density at radius 2 is 2.50 bits per heavy atom. The number of ether oxygens (including phenoxy) is 1. The Hall–Kier alpha value is -2.32. The van der Waals surface area contributed by atoms with Gasteiger partial charge in [-0.2, -0.15) is 5.10 Å². The monoisotopic (exact) mass is 274 g/mol. The molecule has 1 aliphatic rings. The minimum Gasteiger partial charge on any atom is -0.366 e. The number of hydrogen-bond donors (Lipinski definition) is 2. The van der Waals surface area contributed by atoms with Gasteiger partial charge in [0.2, 0.25) is 0 Å². The molecule has 3 heterocycles. The summed E-state index contributed by atoms with van der Waals surface area (Å²) >= 11 is 0. The third-order valence-electron chi connectivity index (χ3n) is 2.90. The Morgan fingerprint density at radius 1 is 1.55 bits per heavy atom. The van der Waals surface area contributed by atoms with Crippen molar-refractivity contribution in [2.45, 2.75) is 6.10 Å². The summed E-state index contributed by atoms with van der Waals surface area (Å²) in [5.74, 6) is 0.314. The van der Waals surface area contributed by atoms with Crippen molar-refractivity contribution < 1.29 is 9.53 Å². The van der Waals surface area contributed by atoms with Crippen molar-refractivity contribution in [1.29, 1.82) is 0 Å². The van der Waals surface area contributed by atoms with E-state index in [0.717, 1.165) is 6.54 Å². The van der Waals surface area contributed by atoms with Crippen molar-refractivity contribution in [2.24, 2.45) is 0 Å². The maximum absolute atomic E-state index is 12.1. The van der Waals surface area contributed by atoms with Crippen molar-refractivity contribution >= 4 is 11.6 Å². The number of amides is 1. The van der Waals surface area contributed by atoms with E-state index < -0.39 is 6.10 Å². The molecular weight excluding hydrogens is 260 g/mol. The van der Waals surface area contributed by atoms with Crippen molar-refractivity contribution in [3.63, 3.8) is 0 Å². The first kappa shape index (κ1) is 12.7. The summed E-state index contributed by atoms with van der Waals surface area (Å²) in [7, 11) is 0. The first-order valence-corrected chi connectivity index (χ1v) is 6.28. The molecule has 0 radical (unpaired) electrons. The number of nitrogens with one attached hydrogen (secondary N) is 2. The predicted octanol–water partition coefficient (Wildman–Crippen LogP) is -0.411. The number of rotatable bonds is 3. The van der Waals surface area contributed by atoms with E-state index in [1.807, 2.05) is 0 Å².